The Labute approximate surface area is 213 Å². The number of hydrogen-bond donors (Lipinski definition) is 1. The van der Waals surface area contributed by atoms with Crippen LogP contribution in [0.25, 0.3) is 0 Å². The van der Waals surface area contributed by atoms with Crippen molar-refractivity contribution in [2.75, 3.05) is 14.1 Å². The van der Waals surface area contributed by atoms with Gasteiger partial charge >= 0.3 is 0 Å². The predicted octanol–water partition coefficient (Wildman–Crippen LogP) is 5.54. The molecule has 0 aromatic rings. The number of nitrogens with zero attached hydrogens (tertiary/aromatic N) is 2. The maximum absolute atomic E-state index is 14.4. The fraction of sp³-hybridized carbons (Fsp3) is 0.871. The number of ketones is 1. The largest absolute Gasteiger partial charge is 0.393 e. The number of aliphatic hydroxyl groups is 1. The van der Waals surface area contributed by atoms with Gasteiger partial charge in [0.25, 0.3) is 0 Å². The van der Waals surface area contributed by atoms with Crippen molar-refractivity contribution in [2.24, 2.45) is 55.7 Å². The van der Waals surface area contributed by atoms with E-state index in [2.05, 4.69) is 72.7 Å². The van der Waals surface area contributed by atoms with Crippen molar-refractivity contribution in [1.82, 2.24) is 4.90 Å². The Hall–Kier alpha value is -1.00. The molecular weight excluding hydrogens is 432 g/mol. The third-order valence-corrected chi connectivity index (χ3v) is 13.4. The molecule has 5 fully saturated rings. The van der Waals surface area contributed by atoms with Crippen LogP contribution in [0.15, 0.2) is 17.1 Å². The fourth-order valence-corrected chi connectivity index (χ4v) is 11.4. The molecule has 0 unspecified atom stereocenters. The highest BCUT2D eigenvalue weighted by atomic mass is 16.3. The Morgan fingerprint density at radius 1 is 1.06 bits per heavy atom. The molecule has 5 aliphatic carbocycles. The lowest BCUT2D eigenvalue weighted by atomic mass is 9.41. The van der Waals surface area contributed by atoms with Gasteiger partial charge in [0, 0.05) is 34.9 Å². The molecule has 11 atom stereocenters. The molecule has 2 spiro atoms. The van der Waals surface area contributed by atoms with E-state index in [0.717, 1.165) is 32.1 Å². The second kappa shape index (κ2) is 7.10. The van der Waals surface area contributed by atoms with Crippen LogP contribution in [0, 0.1) is 50.7 Å². The molecule has 4 heteroatoms. The standard InChI is InChI=1S/C31H48N2O2/c1-18(2)20-11-13-27(4)22-9-10-23-28(5)15-21(34)26(19(3)33(7)8)29(28,6)16-25(35)31(23)17-30(22,31)14-12-24(27)32-20/h11,13,18-19,21-24,26,34H,9-10,12,14-17H2,1-8H3/t19-,21+,22-,23-,24-,26-,27-,28-,29+,30+,31-/m0/s1. The maximum Gasteiger partial charge on any atom is 0.140 e. The van der Waals surface area contributed by atoms with Gasteiger partial charge in [-0.2, -0.15) is 0 Å². The maximum atomic E-state index is 14.4. The van der Waals surface area contributed by atoms with Crippen LogP contribution in [0.3, 0.4) is 0 Å². The van der Waals surface area contributed by atoms with Gasteiger partial charge in [0.15, 0.2) is 0 Å². The molecule has 1 heterocycles. The summed E-state index contributed by atoms with van der Waals surface area (Å²) < 4.78 is 0. The van der Waals surface area contributed by atoms with E-state index in [4.69, 9.17) is 4.99 Å². The van der Waals surface area contributed by atoms with Gasteiger partial charge in [-0.1, -0.05) is 40.7 Å². The Bertz CT molecular complexity index is 1020. The van der Waals surface area contributed by atoms with Crippen LogP contribution in [-0.2, 0) is 4.79 Å². The quantitative estimate of drug-likeness (QED) is 0.577. The van der Waals surface area contributed by atoms with Gasteiger partial charge in [-0.05, 0) is 99.6 Å². The van der Waals surface area contributed by atoms with Gasteiger partial charge in [0.05, 0.1) is 12.1 Å². The van der Waals surface area contributed by atoms with E-state index < -0.39 is 0 Å². The minimum absolute atomic E-state index is 0.0207. The Balaban J connectivity index is 1.38. The number of fused-ring (bicyclic) bond motifs is 4. The van der Waals surface area contributed by atoms with Crippen molar-refractivity contribution >= 4 is 11.5 Å². The van der Waals surface area contributed by atoms with Crippen LogP contribution in [0.1, 0.15) is 86.5 Å². The zero-order valence-electron chi connectivity index (χ0n) is 23.4. The zero-order valence-corrected chi connectivity index (χ0v) is 23.4. The van der Waals surface area contributed by atoms with E-state index in [1.807, 2.05) is 0 Å². The van der Waals surface area contributed by atoms with Crippen molar-refractivity contribution < 1.29 is 9.90 Å². The van der Waals surface area contributed by atoms with Crippen LogP contribution < -0.4 is 0 Å². The first-order valence-corrected chi connectivity index (χ1v) is 14.4. The van der Waals surface area contributed by atoms with Gasteiger partial charge in [-0.15, -0.1) is 0 Å². The Kier molecular flexibility index (Phi) is 4.94. The molecule has 0 aromatic heterocycles. The average molecular weight is 481 g/mol. The third-order valence-electron chi connectivity index (χ3n) is 13.4. The van der Waals surface area contributed by atoms with Crippen molar-refractivity contribution in [1.29, 1.82) is 0 Å². The highest BCUT2D eigenvalue weighted by Crippen LogP contribution is 2.88. The lowest BCUT2D eigenvalue weighted by Gasteiger charge is -2.62. The summed E-state index contributed by atoms with van der Waals surface area (Å²) in [5, 5.41) is 11.5. The smallest absolute Gasteiger partial charge is 0.140 e. The number of Topliss-reactive ketones (excluding diaryl/α,β-unsaturated/α-hetero) is 1. The summed E-state index contributed by atoms with van der Waals surface area (Å²) in [5.41, 5.74) is 1.22. The van der Waals surface area contributed by atoms with Crippen molar-refractivity contribution in [3.8, 4) is 0 Å². The van der Waals surface area contributed by atoms with Crippen LogP contribution in [-0.4, -0.2) is 53.8 Å². The average Bonchev–Trinajstić information content (AvgIpc) is 3.41. The second-order valence-corrected chi connectivity index (χ2v) is 14.9. The SMILES string of the molecule is CC(C)C1=N[C@H]2CC[C@]34C[C@]35C(=O)C[C@]3(C)[C@@H]([C@H](C)N(C)C)[C@H](O)C[C@@]3(C)[C@@H]5CC[C@H]4[C@]2(C)C=C1. The molecule has 1 N–H and O–H groups in total. The number of carbonyl (C=O) groups is 1. The molecule has 0 bridgehead atoms. The van der Waals surface area contributed by atoms with E-state index in [9.17, 15) is 9.90 Å². The lowest BCUT2D eigenvalue weighted by molar-refractivity contribution is -0.167. The molecule has 194 valence electrons. The van der Waals surface area contributed by atoms with Crippen LogP contribution in [0.2, 0.25) is 0 Å². The minimum atomic E-state index is -0.323. The number of hydrogen-bond acceptors (Lipinski definition) is 4. The summed E-state index contributed by atoms with van der Waals surface area (Å²) in [4.78, 5) is 22.0. The molecule has 5 saturated carbocycles. The summed E-state index contributed by atoms with van der Waals surface area (Å²) in [6, 6.07) is 0.630. The molecule has 6 rings (SSSR count). The van der Waals surface area contributed by atoms with Gasteiger partial charge in [-0.25, -0.2) is 0 Å². The summed E-state index contributed by atoms with van der Waals surface area (Å²) in [7, 11) is 4.24. The van der Waals surface area contributed by atoms with Crippen molar-refractivity contribution in [3.63, 3.8) is 0 Å². The highest BCUT2D eigenvalue weighted by molar-refractivity contribution is 5.97. The zero-order chi connectivity index (χ0) is 25.3. The van der Waals surface area contributed by atoms with Crippen molar-refractivity contribution in [2.45, 2.75) is 105 Å². The molecule has 0 aromatic carbocycles. The second-order valence-electron chi connectivity index (χ2n) is 14.9. The van der Waals surface area contributed by atoms with E-state index in [0.29, 0.717) is 36.0 Å². The molecule has 0 radical (unpaired) electrons. The Morgan fingerprint density at radius 3 is 2.40 bits per heavy atom. The topological polar surface area (TPSA) is 52.9 Å². The molecular formula is C31H48N2O2. The number of rotatable bonds is 3. The van der Waals surface area contributed by atoms with E-state index in [-0.39, 0.29) is 45.1 Å². The molecule has 4 nitrogen and oxygen atoms in total. The van der Waals surface area contributed by atoms with E-state index >= 15 is 0 Å². The fourth-order valence-electron chi connectivity index (χ4n) is 11.4. The lowest BCUT2D eigenvalue weighted by Crippen LogP contribution is -2.61. The van der Waals surface area contributed by atoms with Gasteiger partial charge in [0.1, 0.15) is 5.78 Å². The molecule has 0 saturated heterocycles. The number of allylic oxidation sites excluding steroid dienone is 1. The first kappa shape index (κ1) is 24.3. The number of aliphatic imine (C=N–C) groups is 1. The molecule has 1 aliphatic heterocycles. The summed E-state index contributed by atoms with van der Waals surface area (Å²) >= 11 is 0. The van der Waals surface area contributed by atoms with E-state index in [1.165, 1.54) is 12.1 Å². The van der Waals surface area contributed by atoms with Gasteiger partial charge < -0.3 is 10.0 Å². The third kappa shape index (κ3) is 2.62. The normalized spacial score (nSPS) is 55.0. The first-order chi connectivity index (χ1) is 16.3. The summed E-state index contributed by atoms with van der Waals surface area (Å²) in [6.45, 7) is 14.0. The summed E-state index contributed by atoms with van der Waals surface area (Å²) in [6.07, 6.45) is 11.7. The minimum Gasteiger partial charge on any atom is -0.393 e. The molecule has 6 aliphatic rings. The van der Waals surface area contributed by atoms with Crippen LogP contribution in [0.5, 0.6) is 0 Å². The first-order valence-electron chi connectivity index (χ1n) is 14.4. The number of dihydropyridines is 1. The van der Waals surface area contributed by atoms with Gasteiger partial charge in [0.2, 0.25) is 0 Å². The Morgan fingerprint density at radius 2 is 1.74 bits per heavy atom. The summed E-state index contributed by atoms with van der Waals surface area (Å²) in [5.74, 6) is 2.13. The molecule has 0 amide bonds. The van der Waals surface area contributed by atoms with Gasteiger partial charge in [-0.3, -0.25) is 9.79 Å². The van der Waals surface area contributed by atoms with Crippen molar-refractivity contribution in [3.05, 3.63) is 12.2 Å². The number of carbonyl (C=O) groups excluding carboxylic acids is 1. The predicted molar refractivity (Wildman–Crippen MR) is 141 cm³/mol. The van der Waals surface area contributed by atoms with Crippen LogP contribution >= 0.6 is 0 Å². The van der Waals surface area contributed by atoms with Crippen LogP contribution in [0.4, 0.5) is 0 Å². The molecule has 35 heavy (non-hydrogen) atoms. The highest BCUT2D eigenvalue weighted by Gasteiger charge is 2.86. The van der Waals surface area contributed by atoms with E-state index in [1.54, 1.807) is 0 Å². The number of aliphatic hydroxyl groups excluding tert-OH is 1. The monoisotopic (exact) mass is 480 g/mol.